The molecule has 2 aromatic heterocycles. The molecule has 0 bridgehead atoms. The topological polar surface area (TPSA) is 34.0 Å². The molecular formula is C50H32N4. The summed E-state index contributed by atoms with van der Waals surface area (Å²) in [5.41, 5.74) is 10.5. The van der Waals surface area contributed by atoms with Crippen molar-refractivity contribution in [2.24, 2.45) is 0 Å². The van der Waals surface area contributed by atoms with E-state index in [1.807, 2.05) is 6.20 Å². The first kappa shape index (κ1) is 30.3. The minimum absolute atomic E-state index is 0.857. The van der Waals surface area contributed by atoms with Crippen molar-refractivity contribution in [3.05, 3.63) is 194 Å². The molecule has 0 unspecified atom stereocenters. The largest absolute Gasteiger partial charge is 0.310 e. The van der Waals surface area contributed by atoms with Gasteiger partial charge in [0.25, 0.3) is 0 Å². The predicted molar refractivity (Wildman–Crippen MR) is 227 cm³/mol. The van der Waals surface area contributed by atoms with E-state index in [1.54, 1.807) is 0 Å². The van der Waals surface area contributed by atoms with Crippen molar-refractivity contribution in [1.29, 1.82) is 0 Å². The molecule has 0 spiro atoms. The van der Waals surface area contributed by atoms with Crippen molar-refractivity contribution >= 4 is 82.2 Å². The average molecular weight is 689 g/mol. The van der Waals surface area contributed by atoms with E-state index in [4.69, 9.17) is 9.97 Å². The minimum atomic E-state index is 0.857. The van der Waals surface area contributed by atoms with Gasteiger partial charge >= 0.3 is 0 Å². The molecule has 11 aromatic rings. The van der Waals surface area contributed by atoms with Gasteiger partial charge in [-0.3, -0.25) is 4.98 Å². The third-order valence-corrected chi connectivity index (χ3v) is 10.8. The molecule has 9 aromatic carbocycles. The number of rotatable bonds is 5. The fraction of sp³-hybridized carbons (Fsp3) is 0. The molecule has 0 saturated heterocycles. The minimum Gasteiger partial charge on any atom is -0.310 e. The van der Waals surface area contributed by atoms with E-state index in [0.29, 0.717) is 0 Å². The van der Waals surface area contributed by atoms with Gasteiger partial charge in [-0.05, 0) is 88.3 Å². The SMILES string of the molecule is c1ccc(N(c2ccc(-n3c4ccccc4c4ccccc43)cc2)c2ccc3ccc(-c4cnc5c6ccccc6c6ccccc6c5n4)cc3c2)cc1. The van der Waals surface area contributed by atoms with E-state index in [2.05, 4.69) is 198 Å². The van der Waals surface area contributed by atoms with Crippen LogP contribution in [0.3, 0.4) is 0 Å². The normalized spacial score (nSPS) is 11.7. The predicted octanol–water partition coefficient (Wildman–Crippen LogP) is 13.3. The van der Waals surface area contributed by atoms with Crippen LogP contribution in [-0.4, -0.2) is 14.5 Å². The quantitative estimate of drug-likeness (QED) is 0.169. The molecule has 0 saturated carbocycles. The second kappa shape index (κ2) is 12.1. The zero-order valence-corrected chi connectivity index (χ0v) is 29.3. The van der Waals surface area contributed by atoms with E-state index >= 15 is 0 Å². The number of anilines is 3. The number of hydrogen-bond donors (Lipinski definition) is 0. The van der Waals surface area contributed by atoms with Crippen molar-refractivity contribution in [3.63, 3.8) is 0 Å². The van der Waals surface area contributed by atoms with E-state index in [-0.39, 0.29) is 0 Å². The molecule has 0 N–H and O–H groups in total. The van der Waals surface area contributed by atoms with E-state index in [0.717, 1.165) is 61.2 Å². The highest BCUT2D eigenvalue weighted by Crippen LogP contribution is 2.39. The Labute approximate surface area is 311 Å². The van der Waals surface area contributed by atoms with Crippen molar-refractivity contribution in [2.45, 2.75) is 0 Å². The Bertz CT molecular complexity index is 3130. The van der Waals surface area contributed by atoms with Crippen LogP contribution in [0, 0.1) is 0 Å². The summed E-state index contributed by atoms with van der Waals surface area (Å²) in [5.74, 6) is 0. The van der Waals surface area contributed by atoms with Gasteiger partial charge < -0.3 is 9.47 Å². The summed E-state index contributed by atoms with van der Waals surface area (Å²) in [7, 11) is 0. The molecule has 11 rings (SSSR count). The molecule has 54 heavy (non-hydrogen) atoms. The zero-order chi connectivity index (χ0) is 35.6. The lowest BCUT2D eigenvalue weighted by Crippen LogP contribution is -2.10. The molecule has 252 valence electrons. The van der Waals surface area contributed by atoms with Gasteiger partial charge in [-0.2, -0.15) is 0 Å². The fourth-order valence-corrected chi connectivity index (χ4v) is 8.27. The Kier molecular flexibility index (Phi) is 6.82. The number of fused-ring (bicyclic) bond motifs is 10. The standard InChI is InChI=1S/C50H32N4/c1-2-12-36(13-3-1)53(37-26-28-38(29-27-37)54-47-20-10-8-16-42(47)43-17-9-11-21-48(43)54)39-25-24-33-22-23-34(30-35(33)31-39)46-32-51-49-44-18-6-4-14-40(44)41-15-5-7-19-45(41)50(49)52-46/h1-32H. The lowest BCUT2D eigenvalue weighted by molar-refractivity contribution is 1.17. The second-order valence-corrected chi connectivity index (χ2v) is 13.8. The first-order valence-corrected chi connectivity index (χ1v) is 18.3. The average Bonchev–Trinajstić information content (AvgIpc) is 3.58. The Morgan fingerprint density at radius 3 is 1.61 bits per heavy atom. The van der Waals surface area contributed by atoms with Crippen molar-refractivity contribution in [3.8, 4) is 16.9 Å². The number of benzene rings is 9. The Balaban J connectivity index is 1.02. The summed E-state index contributed by atoms with van der Waals surface area (Å²) in [4.78, 5) is 12.6. The van der Waals surface area contributed by atoms with Gasteiger partial charge in [-0.1, -0.05) is 121 Å². The van der Waals surface area contributed by atoms with Gasteiger partial charge in [-0.25, -0.2) is 4.98 Å². The number of hydrogen-bond acceptors (Lipinski definition) is 3. The molecule has 4 heteroatoms. The molecule has 0 amide bonds. The van der Waals surface area contributed by atoms with Gasteiger partial charge in [0, 0.05) is 49.9 Å². The monoisotopic (exact) mass is 688 g/mol. The molecule has 4 nitrogen and oxygen atoms in total. The Morgan fingerprint density at radius 1 is 0.389 bits per heavy atom. The summed E-state index contributed by atoms with van der Waals surface area (Å²) in [6.45, 7) is 0. The van der Waals surface area contributed by atoms with E-state index < -0.39 is 0 Å². The highest BCUT2D eigenvalue weighted by molar-refractivity contribution is 6.23. The smallest absolute Gasteiger partial charge is 0.0979 e. The van der Waals surface area contributed by atoms with Crippen molar-refractivity contribution in [1.82, 2.24) is 14.5 Å². The van der Waals surface area contributed by atoms with Gasteiger partial charge in [0.05, 0.1) is 34.0 Å². The van der Waals surface area contributed by atoms with Crippen LogP contribution in [0.1, 0.15) is 0 Å². The highest BCUT2D eigenvalue weighted by Gasteiger charge is 2.17. The number of nitrogens with zero attached hydrogens (tertiary/aromatic N) is 4. The summed E-state index contributed by atoms with van der Waals surface area (Å²) in [6.07, 6.45) is 1.92. The lowest BCUT2D eigenvalue weighted by atomic mass is 9.99. The van der Waals surface area contributed by atoms with Gasteiger partial charge in [0.2, 0.25) is 0 Å². The zero-order valence-electron chi connectivity index (χ0n) is 29.3. The number of aromatic nitrogens is 3. The fourth-order valence-electron chi connectivity index (χ4n) is 8.27. The third kappa shape index (κ3) is 4.78. The molecule has 0 aliphatic rings. The van der Waals surface area contributed by atoms with Crippen LogP contribution in [0.25, 0.3) is 82.1 Å². The summed E-state index contributed by atoms with van der Waals surface area (Å²) in [6, 6.07) is 67.1. The first-order chi connectivity index (χ1) is 26.8. The summed E-state index contributed by atoms with van der Waals surface area (Å²) in [5, 5.41) is 9.46. The highest BCUT2D eigenvalue weighted by atomic mass is 15.1. The second-order valence-electron chi connectivity index (χ2n) is 13.8. The van der Waals surface area contributed by atoms with Gasteiger partial charge in [-0.15, -0.1) is 0 Å². The number of para-hydroxylation sites is 3. The Morgan fingerprint density at radius 2 is 0.926 bits per heavy atom. The maximum atomic E-state index is 5.28. The summed E-state index contributed by atoms with van der Waals surface area (Å²) < 4.78 is 2.36. The van der Waals surface area contributed by atoms with Crippen LogP contribution >= 0.6 is 0 Å². The molecule has 2 heterocycles. The van der Waals surface area contributed by atoms with Crippen LogP contribution in [0.4, 0.5) is 17.1 Å². The van der Waals surface area contributed by atoms with Gasteiger partial charge in [0.15, 0.2) is 0 Å². The molecule has 0 radical (unpaired) electrons. The van der Waals surface area contributed by atoms with Crippen LogP contribution in [-0.2, 0) is 0 Å². The first-order valence-electron chi connectivity index (χ1n) is 18.3. The lowest BCUT2D eigenvalue weighted by Gasteiger charge is -2.26. The van der Waals surface area contributed by atoms with Crippen molar-refractivity contribution in [2.75, 3.05) is 4.90 Å². The maximum absolute atomic E-state index is 5.28. The van der Waals surface area contributed by atoms with Gasteiger partial charge in [0.1, 0.15) is 0 Å². The molecule has 0 aliphatic heterocycles. The Hall–Kier alpha value is -7.30. The molecular weight excluding hydrogens is 657 g/mol. The summed E-state index contributed by atoms with van der Waals surface area (Å²) >= 11 is 0. The van der Waals surface area contributed by atoms with Crippen molar-refractivity contribution < 1.29 is 0 Å². The van der Waals surface area contributed by atoms with E-state index in [9.17, 15) is 0 Å². The molecule has 0 aliphatic carbocycles. The van der Waals surface area contributed by atoms with Crippen LogP contribution in [0.2, 0.25) is 0 Å². The van der Waals surface area contributed by atoms with Crippen LogP contribution in [0.5, 0.6) is 0 Å². The maximum Gasteiger partial charge on any atom is 0.0979 e. The molecule has 0 atom stereocenters. The van der Waals surface area contributed by atoms with Crippen LogP contribution < -0.4 is 4.90 Å². The van der Waals surface area contributed by atoms with E-state index in [1.165, 1.54) is 38.0 Å². The van der Waals surface area contributed by atoms with Crippen LogP contribution in [0.15, 0.2) is 194 Å². The third-order valence-electron chi connectivity index (χ3n) is 10.8. The molecule has 0 fully saturated rings.